The third-order valence-corrected chi connectivity index (χ3v) is 14.0. The van der Waals surface area contributed by atoms with Gasteiger partial charge in [0.2, 0.25) is 41.4 Å². The van der Waals surface area contributed by atoms with Gasteiger partial charge in [-0.3, -0.25) is 33.6 Å². The summed E-state index contributed by atoms with van der Waals surface area (Å²) in [6, 6.07) is -3.27. The molecule has 14 nitrogen and oxygen atoms in total. The quantitative estimate of drug-likeness (QED) is 0.274. The van der Waals surface area contributed by atoms with Gasteiger partial charge in [0.25, 0.3) is 0 Å². The summed E-state index contributed by atoms with van der Waals surface area (Å²) in [4.78, 5) is 103. The lowest BCUT2D eigenvalue weighted by Crippen LogP contribution is -2.61. The molecule has 1 aromatic carbocycles. The Morgan fingerprint density at radius 3 is 2.25 bits per heavy atom. The van der Waals surface area contributed by atoms with Gasteiger partial charge in [-0.05, 0) is 93.9 Å². The van der Waals surface area contributed by atoms with Crippen LogP contribution in [0.3, 0.4) is 0 Å². The minimum Gasteiger partial charge on any atom is -0.354 e. The van der Waals surface area contributed by atoms with Gasteiger partial charge in [0, 0.05) is 49.4 Å². The summed E-state index contributed by atoms with van der Waals surface area (Å²) in [7, 11) is 1.35. The third kappa shape index (κ3) is 11.1. The van der Waals surface area contributed by atoms with E-state index in [-0.39, 0.29) is 69.1 Å². The Morgan fingerprint density at radius 1 is 0.954 bits per heavy atom. The van der Waals surface area contributed by atoms with Crippen molar-refractivity contribution >= 4 is 64.6 Å². The van der Waals surface area contributed by atoms with Crippen molar-refractivity contribution in [1.82, 2.24) is 35.6 Å². The van der Waals surface area contributed by atoms with E-state index in [1.165, 1.54) is 18.0 Å². The van der Waals surface area contributed by atoms with E-state index in [9.17, 15) is 51.1 Å². The molecule has 360 valence electrons. The second kappa shape index (κ2) is 20.3. The first kappa shape index (κ1) is 50.2. The molecule has 0 radical (unpaired) electrons. The van der Waals surface area contributed by atoms with Crippen LogP contribution in [0.4, 0.5) is 22.0 Å². The highest BCUT2D eigenvalue weighted by atomic mass is 35.5. The largest absolute Gasteiger partial charge is 0.403 e. The Hall–Kier alpha value is -4.26. The van der Waals surface area contributed by atoms with Crippen LogP contribution in [0.2, 0.25) is 10.0 Å². The van der Waals surface area contributed by atoms with Crippen molar-refractivity contribution in [2.24, 2.45) is 17.3 Å². The Balaban J connectivity index is 1.28. The number of nitrogens with zero attached hydrogens (tertiary/aromatic N) is 4. The molecule has 8 atom stereocenters. The lowest BCUT2D eigenvalue weighted by atomic mass is 9.97. The number of benzene rings is 1. The topological polar surface area (TPSA) is 169 Å². The standard InChI is InChI=1S/C44H58Cl2F5N7O7/c1-5-56-34(18-25-17-26(45)11-12-29(25)46)40(63)57-21-27(47)19-32(57)36(59)52-15-7-6-8-31(37(60)53-30(39(56)62)16-23(2)3)55(4)41(64)35(24-9-10-24)54-38(61)33-20-28(48)22-58(33)42(65)43(13-14-43)44(49,50)51/h11-12,17,23-24,27-28,30-35H,5-10,13-16,18-22H2,1-4H3,(H,52,59)(H,53,60)(H,54,61)/t27-,28-,30+,31+,32-,33+,34+,35+/m1/s1. The molecule has 3 N–H and O–H groups in total. The van der Waals surface area contributed by atoms with Gasteiger partial charge in [-0.25, -0.2) is 8.78 Å². The average molecular weight is 963 g/mol. The first-order chi connectivity index (χ1) is 30.6. The maximum absolute atomic E-state index is 15.1. The lowest BCUT2D eigenvalue weighted by Gasteiger charge is -2.38. The molecule has 2 aliphatic carbocycles. The number of carbonyl (C=O) groups excluding carboxylic acids is 7. The first-order valence-electron chi connectivity index (χ1n) is 22.4. The number of hydrogen-bond donors (Lipinski definition) is 3. The Bertz CT molecular complexity index is 2010. The fourth-order valence-electron chi connectivity index (χ4n) is 9.40. The zero-order valence-corrected chi connectivity index (χ0v) is 38.4. The Kier molecular flexibility index (Phi) is 15.7. The van der Waals surface area contributed by atoms with Gasteiger partial charge < -0.3 is 35.6 Å². The van der Waals surface area contributed by atoms with Crippen molar-refractivity contribution in [2.75, 3.05) is 33.2 Å². The van der Waals surface area contributed by atoms with Gasteiger partial charge in [-0.2, -0.15) is 13.2 Å². The fraction of sp³-hybridized carbons (Fsp3) is 0.705. The van der Waals surface area contributed by atoms with Crippen LogP contribution in [0.25, 0.3) is 0 Å². The Labute approximate surface area is 385 Å². The molecule has 3 aliphatic heterocycles. The summed E-state index contributed by atoms with van der Waals surface area (Å²) in [6.07, 6.45) is -8.52. The molecule has 5 fully saturated rings. The summed E-state index contributed by atoms with van der Waals surface area (Å²) in [6.45, 7) is 4.20. The number of amides is 7. The van der Waals surface area contributed by atoms with E-state index in [0.717, 1.165) is 9.80 Å². The highest BCUT2D eigenvalue weighted by Gasteiger charge is 2.70. The molecule has 0 aromatic heterocycles. The number of hydrogen-bond acceptors (Lipinski definition) is 7. The predicted molar refractivity (Wildman–Crippen MR) is 229 cm³/mol. The monoisotopic (exact) mass is 961 g/mol. The second-order valence-corrected chi connectivity index (χ2v) is 19.4. The molecule has 7 amide bonds. The number of rotatable bonds is 11. The number of fused-ring (bicyclic) bond motifs is 1. The van der Waals surface area contributed by atoms with Crippen molar-refractivity contribution in [3.05, 3.63) is 33.8 Å². The number of carbonyl (C=O) groups is 7. The number of nitrogens with one attached hydrogen (secondary N) is 3. The third-order valence-electron chi connectivity index (χ3n) is 13.4. The minimum atomic E-state index is -4.89. The van der Waals surface area contributed by atoms with Gasteiger partial charge in [0.15, 0.2) is 0 Å². The molecule has 5 aliphatic rings. The van der Waals surface area contributed by atoms with E-state index in [1.54, 1.807) is 19.1 Å². The smallest absolute Gasteiger partial charge is 0.354 e. The number of likely N-dealkylation sites (N-methyl/N-ethyl adjacent to an activating group) is 2. The van der Waals surface area contributed by atoms with E-state index in [4.69, 9.17) is 23.2 Å². The molecule has 0 bridgehead atoms. The summed E-state index contributed by atoms with van der Waals surface area (Å²) in [5, 5.41) is 8.74. The number of halogens is 7. The molecule has 2 saturated carbocycles. The van der Waals surface area contributed by atoms with Gasteiger partial charge in [0.05, 0.1) is 13.1 Å². The first-order valence-corrected chi connectivity index (χ1v) is 23.2. The van der Waals surface area contributed by atoms with Gasteiger partial charge in [-0.15, -0.1) is 0 Å². The van der Waals surface area contributed by atoms with E-state index in [0.29, 0.717) is 28.3 Å². The van der Waals surface area contributed by atoms with Crippen LogP contribution < -0.4 is 16.0 Å². The van der Waals surface area contributed by atoms with Crippen molar-refractivity contribution in [1.29, 1.82) is 0 Å². The van der Waals surface area contributed by atoms with Crippen molar-refractivity contribution < 1.29 is 55.5 Å². The van der Waals surface area contributed by atoms with E-state index in [1.807, 2.05) is 13.8 Å². The van der Waals surface area contributed by atoms with Gasteiger partial charge in [-0.1, -0.05) is 37.0 Å². The maximum atomic E-state index is 15.1. The SMILES string of the molecule is CCN1C(=O)[C@H](CC(C)C)NC(=O)[C@@H](N(C)C(=O)[C@@H](NC(=O)[C@@H]2C[C@@H](F)CN2C(=O)C2(C(F)(F)F)CC2)C2CC2)CCCCNC(=O)[C@H]2C[C@@H](F)CN2C(=O)[C@@H]1Cc1cc(Cl)ccc1Cl. The van der Waals surface area contributed by atoms with Crippen LogP contribution in [-0.2, 0) is 40.0 Å². The molecule has 0 unspecified atom stereocenters. The zero-order chi connectivity index (χ0) is 47.7. The molecule has 65 heavy (non-hydrogen) atoms. The van der Waals surface area contributed by atoms with Gasteiger partial charge >= 0.3 is 6.18 Å². The molecule has 1 aromatic rings. The molecule has 3 saturated heterocycles. The van der Waals surface area contributed by atoms with Crippen LogP contribution in [0.5, 0.6) is 0 Å². The summed E-state index contributed by atoms with van der Waals surface area (Å²) >= 11 is 12.9. The van der Waals surface area contributed by atoms with E-state index in [2.05, 4.69) is 16.0 Å². The fourth-order valence-corrected chi connectivity index (χ4v) is 9.79. The van der Waals surface area contributed by atoms with Gasteiger partial charge in [0.1, 0.15) is 54.0 Å². The lowest BCUT2D eigenvalue weighted by molar-refractivity contribution is -0.199. The Morgan fingerprint density at radius 2 is 1.63 bits per heavy atom. The van der Waals surface area contributed by atoms with Crippen LogP contribution >= 0.6 is 23.2 Å². The second-order valence-electron chi connectivity index (χ2n) is 18.6. The van der Waals surface area contributed by atoms with Crippen LogP contribution in [-0.4, -0.2) is 149 Å². The average Bonchev–Trinajstić information content (AvgIpc) is 4.17. The molecule has 6 rings (SSSR count). The minimum absolute atomic E-state index is 0.0137. The predicted octanol–water partition coefficient (Wildman–Crippen LogP) is 4.53. The number of alkyl halides is 5. The molecular formula is C44H58Cl2F5N7O7. The zero-order valence-electron chi connectivity index (χ0n) is 36.9. The highest BCUT2D eigenvalue weighted by Crippen LogP contribution is 2.59. The van der Waals surface area contributed by atoms with Crippen molar-refractivity contribution in [3.8, 4) is 0 Å². The summed E-state index contributed by atoms with van der Waals surface area (Å²) in [5.74, 6) is -6.40. The van der Waals surface area contributed by atoms with Crippen LogP contribution in [0, 0.1) is 17.3 Å². The van der Waals surface area contributed by atoms with E-state index < -0.39 is 133 Å². The molecule has 0 spiro atoms. The summed E-state index contributed by atoms with van der Waals surface area (Å²) in [5.41, 5.74) is -2.28. The van der Waals surface area contributed by atoms with Crippen LogP contribution in [0.1, 0.15) is 90.5 Å². The molecular weight excluding hydrogens is 904 g/mol. The van der Waals surface area contributed by atoms with Crippen LogP contribution in [0.15, 0.2) is 18.2 Å². The number of likely N-dealkylation sites (tertiary alicyclic amines) is 1. The highest BCUT2D eigenvalue weighted by molar-refractivity contribution is 6.33. The van der Waals surface area contributed by atoms with Crippen molar-refractivity contribution in [2.45, 2.75) is 146 Å². The maximum Gasteiger partial charge on any atom is 0.403 e. The molecule has 21 heteroatoms. The summed E-state index contributed by atoms with van der Waals surface area (Å²) < 4.78 is 71.7. The van der Waals surface area contributed by atoms with E-state index >= 15 is 4.39 Å². The molecule has 3 heterocycles. The van der Waals surface area contributed by atoms with Crippen molar-refractivity contribution in [3.63, 3.8) is 0 Å². The normalized spacial score (nSPS) is 28.4.